The van der Waals surface area contributed by atoms with Crippen molar-refractivity contribution in [3.8, 4) is 0 Å². The lowest BCUT2D eigenvalue weighted by molar-refractivity contribution is -0.110. The van der Waals surface area contributed by atoms with Crippen LogP contribution in [0, 0.1) is 5.92 Å². The largest absolute Gasteiger partial charge is 0.383 e. The lowest BCUT2D eigenvalue weighted by Crippen LogP contribution is -2.24. The first-order chi connectivity index (χ1) is 5.36. The molecule has 64 valence electrons. The molecule has 0 aromatic rings. The second-order valence-corrected chi connectivity index (χ2v) is 2.98. The van der Waals surface area contributed by atoms with Crippen LogP contribution in [0.4, 0.5) is 0 Å². The Kier molecular flexibility index (Phi) is 3.52. The standard InChI is InChI=1S/C8H15NO2/c1-11-5-4-9-3-2-8(6-9)7-10/h7-8H,2-6H2,1H3/t8-/m1/s1. The van der Waals surface area contributed by atoms with Gasteiger partial charge >= 0.3 is 0 Å². The fourth-order valence-electron chi connectivity index (χ4n) is 1.40. The smallest absolute Gasteiger partial charge is 0.124 e. The Morgan fingerprint density at radius 2 is 2.55 bits per heavy atom. The quantitative estimate of drug-likeness (QED) is 0.544. The normalized spacial score (nSPS) is 25.7. The topological polar surface area (TPSA) is 29.5 Å². The third kappa shape index (κ3) is 2.60. The maximum Gasteiger partial charge on any atom is 0.124 e. The maximum absolute atomic E-state index is 10.4. The van der Waals surface area contributed by atoms with Gasteiger partial charge in [-0.3, -0.25) is 0 Å². The molecule has 11 heavy (non-hydrogen) atoms. The number of rotatable bonds is 4. The molecular formula is C8H15NO2. The van der Waals surface area contributed by atoms with Crippen LogP contribution in [-0.2, 0) is 9.53 Å². The van der Waals surface area contributed by atoms with E-state index >= 15 is 0 Å². The fourth-order valence-corrected chi connectivity index (χ4v) is 1.40. The van der Waals surface area contributed by atoms with E-state index in [9.17, 15) is 4.79 Å². The number of aldehydes is 1. The summed E-state index contributed by atoms with van der Waals surface area (Å²) < 4.78 is 4.94. The number of ether oxygens (including phenoxy) is 1. The zero-order chi connectivity index (χ0) is 8.10. The van der Waals surface area contributed by atoms with Crippen molar-refractivity contribution in [2.24, 2.45) is 5.92 Å². The van der Waals surface area contributed by atoms with E-state index in [0.29, 0.717) is 0 Å². The van der Waals surface area contributed by atoms with Crippen LogP contribution in [0.3, 0.4) is 0 Å². The van der Waals surface area contributed by atoms with Gasteiger partial charge in [0.25, 0.3) is 0 Å². The highest BCUT2D eigenvalue weighted by Gasteiger charge is 2.20. The Morgan fingerprint density at radius 1 is 1.73 bits per heavy atom. The molecule has 0 saturated carbocycles. The van der Waals surface area contributed by atoms with Crippen LogP contribution in [0.1, 0.15) is 6.42 Å². The van der Waals surface area contributed by atoms with E-state index in [0.717, 1.165) is 38.9 Å². The molecule has 0 bridgehead atoms. The van der Waals surface area contributed by atoms with E-state index in [4.69, 9.17) is 4.74 Å². The Labute approximate surface area is 67.3 Å². The van der Waals surface area contributed by atoms with Crippen LogP contribution in [0.5, 0.6) is 0 Å². The number of carbonyl (C=O) groups excluding carboxylic acids is 1. The number of methoxy groups -OCH3 is 1. The molecule has 1 aliphatic rings. The van der Waals surface area contributed by atoms with Crippen molar-refractivity contribution in [2.75, 3.05) is 33.4 Å². The first-order valence-corrected chi connectivity index (χ1v) is 4.03. The number of hydrogen-bond acceptors (Lipinski definition) is 3. The van der Waals surface area contributed by atoms with E-state index in [-0.39, 0.29) is 5.92 Å². The Bertz CT molecular complexity index is 127. The molecule has 0 aliphatic carbocycles. The van der Waals surface area contributed by atoms with Crippen molar-refractivity contribution < 1.29 is 9.53 Å². The van der Waals surface area contributed by atoms with Gasteiger partial charge in [0.15, 0.2) is 0 Å². The summed E-state index contributed by atoms with van der Waals surface area (Å²) in [5.74, 6) is 0.270. The van der Waals surface area contributed by atoms with Gasteiger partial charge in [-0.25, -0.2) is 0 Å². The molecule has 1 rings (SSSR count). The lowest BCUT2D eigenvalue weighted by atomic mass is 10.1. The molecule has 0 radical (unpaired) electrons. The van der Waals surface area contributed by atoms with Crippen LogP contribution in [0.25, 0.3) is 0 Å². The zero-order valence-electron chi connectivity index (χ0n) is 6.95. The van der Waals surface area contributed by atoms with Crippen molar-refractivity contribution in [3.05, 3.63) is 0 Å². The summed E-state index contributed by atoms with van der Waals surface area (Å²) in [5, 5.41) is 0. The third-order valence-corrected chi connectivity index (χ3v) is 2.11. The van der Waals surface area contributed by atoms with Gasteiger partial charge in [0.1, 0.15) is 6.29 Å². The molecule has 3 heteroatoms. The van der Waals surface area contributed by atoms with E-state index < -0.39 is 0 Å². The van der Waals surface area contributed by atoms with Crippen LogP contribution in [-0.4, -0.2) is 44.5 Å². The summed E-state index contributed by atoms with van der Waals surface area (Å²) in [4.78, 5) is 12.6. The molecule has 1 saturated heterocycles. The summed E-state index contributed by atoms with van der Waals surface area (Å²) in [7, 11) is 1.70. The second kappa shape index (κ2) is 4.46. The van der Waals surface area contributed by atoms with E-state index in [2.05, 4.69) is 4.90 Å². The Balaban J connectivity index is 2.14. The monoisotopic (exact) mass is 157 g/mol. The van der Waals surface area contributed by atoms with E-state index in [1.54, 1.807) is 7.11 Å². The van der Waals surface area contributed by atoms with Gasteiger partial charge in [0.2, 0.25) is 0 Å². The highest BCUT2D eigenvalue weighted by atomic mass is 16.5. The molecule has 1 heterocycles. The molecule has 1 fully saturated rings. The van der Waals surface area contributed by atoms with Crippen LogP contribution >= 0.6 is 0 Å². The summed E-state index contributed by atoms with van der Waals surface area (Å²) in [6.07, 6.45) is 2.08. The molecule has 0 amide bonds. The van der Waals surface area contributed by atoms with Crippen molar-refractivity contribution in [1.29, 1.82) is 0 Å². The lowest BCUT2D eigenvalue weighted by Gasteiger charge is -2.13. The van der Waals surface area contributed by atoms with Gasteiger partial charge in [-0.2, -0.15) is 0 Å². The van der Waals surface area contributed by atoms with Crippen molar-refractivity contribution in [1.82, 2.24) is 4.90 Å². The third-order valence-electron chi connectivity index (χ3n) is 2.11. The highest BCUT2D eigenvalue weighted by Crippen LogP contribution is 2.12. The van der Waals surface area contributed by atoms with Gasteiger partial charge in [-0.05, 0) is 13.0 Å². The summed E-state index contributed by atoms with van der Waals surface area (Å²) >= 11 is 0. The average Bonchev–Trinajstić information content (AvgIpc) is 2.48. The van der Waals surface area contributed by atoms with E-state index in [1.807, 2.05) is 0 Å². The molecule has 0 unspecified atom stereocenters. The van der Waals surface area contributed by atoms with Crippen molar-refractivity contribution in [2.45, 2.75) is 6.42 Å². The van der Waals surface area contributed by atoms with Crippen molar-refractivity contribution >= 4 is 6.29 Å². The SMILES string of the molecule is COCCN1CC[C@@H](C=O)C1. The summed E-state index contributed by atoms with van der Waals surface area (Å²) in [5.41, 5.74) is 0. The van der Waals surface area contributed by atoms with Gasteiger partial charge in [0, 0.05) is 26.1 Å². The molecule has 0 spiro atoms. The summed E-state index contributed by atoms with van der Waals surface area (Å²) in [6.45, 7) is 3.70. The predicted molar refractivity (Wildman–Crippen MR) is 42.5 cm³/mol. The molecule has 0 aromatic heterocycles. The Hall–Kier alpha value is -0.410. The van der Waals surface area contributed by atoms with Crippen LogP contribution in [0.15, 0.2) is 0 Å². The highest BCUT2D eigenvalue weighted by molar-refractivity contribution is 5.54. The maximum atomic E-state index is 10.4. The second-order valence-electron chi connectivity index (χ2n) is 2.98. The predicted octanol–water partition coefficient (Wildman–Crippen LogP) is 0.154. The van der Waals surface area contributed by atoms with Crippen LogP contribution < -0.4 is 0 Å². The zero-order valence-corrected chi connectivity index (χ0v) is 6.95. The minimum Gasteiger partial charge on any atom is -0.383 e. The molecule has 0 N–H and O–H groups in total. The molecule has 3 nitrogen and oxygen atoms in total. The minimum atomic E-state index is 0.270. The number of carbonyl (C=O) groups is 1. The molecular weight excluding hydrogens is 142 g/mol. The first kappa shape index (κ1) is 8.68. The number of nitrogens with zero attached hydrogens (tertiary/aromatic N) is 1. The minimum absolute atomic E-state index is 0.270. The fraction of sp³-hybridized carbons (Fsp3) is 0.875. The van der Waals surface area contributed by atoms with Crippen molar-refractivity contribution in [3.63, 3.8) is 0 Å². The Morgan fingerprint density at radius 3 is 3.09 bits per heavy atom. The van der Waals surface area contributed by atoms with Gasteiger partial charge in [-0.15, -0.1) is 0 Å². The van der Waals surface area contributed by atoms with Gasteiger partial charge in [0.05, 0.1) is 6.61 Å². The number of likely N-dealkylation sites (tertiary alicyclic amines) is 1. The molecule has 1 atom stereocenters. The average molecular weight is 157 g/mol. The van der Waals surface area contributed by atoms with Crippen LogP contribution in [0.2, 0.25) is 0 Å². The first-order valence-electron chi connectivity index (χ1n) is 4.03. The van der Waals surface area contributed by atoms with E-state index in [1.165, 1.54) is 0 Å². The van der Waals surface area contributed by atoms with Gasteiger partial charge < -0.3 is 14.4 Å². The van der Waals surface area contributed by atoms with Gasteiger partial charge in [-0.1, -0.05) is 0 Å². The summed E-state index contributed by atoms with van der Waals surface area (Å²) in [6, 6.07) is 0. The number of hydrogen-bond donors (Lipinski definition) is 0. The molecule has 0 aromatic carbocycles. The molecule has 1 aliphatic heterocycles.